The fourth-order valence-corrected chi connectivity index (χ4v) is 3.94. The molecule has 3 N–H and O–H groups in total. The van der Waals surface area contributed by atoms with E-state index in [1.807, 2.05) is 67.5 Å². The molecule has 1 atom stereocenters. The molecule has 0 aliphatic carbocycles. The smallest absolute Gasteiger partial charge is 0.248 e. The number of carbonyl (C=O) groups excluding carboxylic acids is 1. The molecule has 2 aromatic heterocycles. The van der Waals surface area contributed by atoms with E-state index in [0.29, 0.717) is 34.7 Å². The first-order chi connectivity index (χ1) is 17.0. The fourth-order valence-electron chi connectivity index (χ4n) is 3.67. The molecule has 0 saturated heterocycles. The van der Waals surface area contributed by atoms with Crippen molar-refractivity contribution in [3.63, 3.8) is 0 Å². The van der Waals surface area contributed by atoms with Crippen molar-refractivity contribution >= 4 is 40.1 Å². The largest absolute Gasteiger partial charge is 0.425 e. The number of amides is 1. The third kappa shape index (κ3) is 5.86. The Morgan fingerprint density at radius 1 is 1.17 bits per heavy atom. The molecule has 0 saturated carbocycles. The third-order valence-corrected chi connectivity index (χ3v) is 5.57. The van der Waals surface area contributed by atoms with Gasteiger partial charge in [-0.3, -0.25) is 4.79 Å². The number of carbonyl (C=O) groups is 1. The monoisotopic (exact) mass is 491 g/mol. The molecule has 0 aliphatic heterocycles. The summed E-state index contributed by atoms with van der Waals surface area (Å²) in [6.07, 6.45) is 4.67. The zero-order valence-electron chi connectivity index (χ0n) is 19.4. The summed E-state index contributed by atoms with van der Waals surface area (Å²) in [7, 11) is 3.86. The predicted molar refractivity (Wildman–Crippen MR) is 138 cm³/mol. The lowest BCUT2D eigenvalue weighted by molar-refractivity contribution is -0.111. The zero-order chi connectivity index (χ0) is 24.8. The fraction of sp³-hybridized carbons (Fsp3) is 0.192. The van der Waals surface area contributed by atoms with Crippen molar-refractivity contribution in [2.45, 2.75) is 6.04 Å². The lowest BCUT2D eigenvalue weighted by atomic mass is 10.0. The van der Waals surface area contributed by atoms with Crippen molar-refractivity contribution in [3.05, 3.63) is 83.9 Å². The number of fused-ring (bicyclic) bond motifs is 1. The number of benzene rings is 2. The van der Waals surface area contributed by atoms with Crippen molar-refractivity contribution in [1.29, 1.82) is 0 Å². The number of likely N-dealkylation sites (N-methyl/N-ethyl adjacent to an activating group) is 1. The normalized spacial score (nSPS) is 12.4. The van der Waals surface area contributed by atoms with Crippen LogP contribution in [0.25, 0.3) is 22.2 Å². The van der Waals surface area contributed by atoms with Gasteiger partial charge < -0.3 is 25.1 Å². The van der Waals surface area contributed by atoms with Crippen molar-refractivity contribution in [2.75, 3.05) is 37.9 Å². The Bertz CT molecular complexity index is 1340. The number of rotatable bonds is 9. The highest BCUT2D eigenvalue weighted by Gasteiger charge is 2.22. The van der Waals surface area contributed by atoms with Crippen molar-refractivity contribution in [2.24, 2.45) is 0 Å². The summed E-state index contributed by atoms with van der Waals surface area (Å²) < 4.78 is 5.72. The lowest BCUT2D eigenvalue weighted by Gasteiger charge is -2.18. The second-order valence-electron chi connectivity index (χ2n) is 8.18. The van der Waals surface area contributed by atoms with Crippen LogP contribution >= 0.6 is 11.6 Å². The van der Waals surface area contributed by atoms with Crippen LogP contribution in [0.3, 0.4) is 0 Å². The molecule has 0 radical (unpaired) electrons. The van der Waals surface area contributed by atoms with Gasteiger partial charge in [-0.2, -0.15) is 0 Å². The second kappa shape index (κ2) is 11.1. The standard InChI is InChI=1S/C26H26ClN5O3/c1-32(2)13-7-12-21(34)30-19-11-6-10-18(14-19)22-23-25(28-16-29-26(23)35-24(22)27)31-20(15-33)17-8-4-3-5-9-17/h3-12,14,16,20,33H,13,15H2,1-2H3,(H,30,34)(H,28,29,31)/t20-/m1/s1. The first kappa shape index (κ1) is 24.4. The van der Waals surface area contributed by atoms with Crippen LogP contribution in [0, 0.1) is 0 Å². The summed E-state index contributed by atoms with van der Waals surface area (Å²) in [5, 5.41) is 16.9. The Balaban J connectivity index is 1.67. The van der Waals surface area contributed by atoms with Crippen LogP contribution in [0.4, 0.5) is 11.5 Å². The van der Waals surface area contributed by atoms with E-state index < -0.39 is 6.04 Å². The van der Waals surface area contributed by atoms with Crippen LogP contribution in [0.15, 0.2) is 77.5 Å². The van der Waals surface area contributed by atoms with Gasteiger partial charge >= 0.3 is 0 Å². The first-order valence-corrected chi connectivity index (χ1v) is 11.4. The number of anilines is 2. The van der Waals surface area contributed by atoms with Gasteiger partial charge in [0.05, 0.1) is 23.6 Å². The molecule has 0 unspecified atom stereocenters. The summed E-state index contributed by atoms with van der Waals surface area (Å²) in [6.45, 7) is 0.525. The number of aliphatic hydroxyl groups is 1. The number of hydrogen-bond donors (Lipinski definition) is 3. The number of halogens is 1. The molecule has 4 rings (SSSR count). The molecule has 4 aromatic rings. The molecule has 35 heavy (non-hydrogen) atoms. The summed E-state index contributed by atoms with van der Waals surface area (Å²) >= 11 is 6.50. The summed E-state index contributed by atoms with van der Waals surface area (Å²) in [5.41, 5.74) is 3.14. The van der Waals surface area contributed by atoms with Gasteiger partial charge in [-0.25, -0.2) is 9.97 Å². The second-order valence-corrected chi connectivity index (χ2v) is 8.52. The van der Waals surface area contributed by atoms with Crippen LogP contribution in [-0.4, -0.2) is 53.1 Å². The Morgan fingerprint density at radius 3 is 2.71 bits per heavy atom. The van der Waals surface area contributed by atoms with E-state index in [-0.39, 0.29) is 17.7 Å². The zero-order valence-corrected chi connectivity index (χ0v) is 20.2. The Hall–Kier alpha value is -3.72. The highest BCUT2D eigenvalue weighted by molar-refractivity contribution is 6.34. The molecular formula is C26H26ClN5O3. The van der Waals surface area contributed by atoms with Gasteiger partial charge in [-0.1, -0.05) is 48.5 Å². The number of aliphatic hydroxyl groups excluding tert-OH is 1. The molecule has 0 bridgehead atoms. The Morgan fingerprint density at radius 2 is 1.97 bits per heavy atom. The van der Waals surface area contributed by atoms with Gasteiger partial charge in [0.2, 0.25) is 16.8 Å². The molecule has 2 aromatic carbocycles. The van der Waals surface area contributed by atoms with E-state index in [9.17, 15) is 9.90 Å². The average molecular weight is 492 g/mol. The number of nitrogens with zero attached hydrogens (tertiary/aromatic N) is 3. The van der Waals surface area contributed by atoms with Crippen molar-refractivity contribution < 1.29 is 14.3 Å². The van der Waals surface area contributed by atoms with E-state index in [1.54, 1.807) is 12.1 Å². The highest BCUT2D eigenvalue weighted by Crippen LogP contribution is 2.41. The van der Waals surface area contributed by atoms with Gasteiger partial charge in [-0.05, 0) is 49.0 Å². The first-order valence-electron chi connectivity index (χ1n) is 11.0. The van der Waals surface area contributed by atoms with Crippen LogP contribution < -0.4 is 10.6 Å². The molecule has 2 heterocycles. The number of nitrogens with one attached hydrogen (secondary N) is 2. The highest BCUT2D eigenvalue weighted by atomic mass is 35.5. The number of hydrogen-bond acceptors (Lipinski definition) is 7. The number of furan rings is 1. The van der Waals surface area contributed by atoms with Crippen molar-refractivity contribution in [3.8, 4) is 11.1 Å². The predicted octanol–water partition coefficient (Wildman–Crippen LogP) is 4.75. The Kier molecular flexibility index (Phi) is 7.77. The minimum atomic E-state index is -0.393. The minimum absolute atomic E-state index is 0.140. The van der Waals surface area contributed by atoms with E-state index in [1.165, 1.54) is 12.4 Å². The van der Waals surface area contributed by atoms with E-state index in [4.69, 9.17) is 16.0 Å². The van der Waals surface area contributed by atoms with Gasteiger partial charge in [0.1, 0.15) is 12.1 Å². The van der Waals surface area contributed by atoms with E-state index in [0.717, 1.165) is 11.1 Å². The maximum absolute atomic E-state index is 12.3. The van der Waals surface area contributed by atoms with Crippen LogP contribution in [-0.2, 0) is 4.79 Å². The lowest BCUT2D eigenvalue weighted by Crippen LogP contribution is -2.15. The topological polar surface area (TPSA) is 104 Å². The molecule has 0 spiro atoms. The molecule has 1 amide bonds. The summed E-state index contributed by atoms with van der Waals surface area (Å²) in [4.78, 5) is 22.9. The molecule has 0 fully saturated rings. The van der Waals surface area contributed by atoms with Gasteiger partial charge in [-0.15, -0.1) is 0 Å². The molecular weight excluding hydrogens is 466 g/mol. The summed E-state index contributed by atoms with van der Waals surface area (Å²) in [6, 6.07) is 16.5. The maximum atomic E-state index is 12.3. The molecule has 0 aliphatic rings. The van der Waals surface area contributed by atoms with Crippen LogP contribution in [0.1, 0.15) is 11.6 Å². The van der Waals surface area contributed by atoms with Crippen LogP contribution in [0.5, 0.6) is 0 Å². The third-order valence-electron chi connectivity index (χ3n) is 5.30. The Labute approximate surface area is 208 Å². The average Bonchev–Trinajstić information content (AvgIpc) is 3.19. The quantitative estimate of drug-likeness (QED) is 0.290. The van der Waals surface area contributed by atoms with Crippen molar-refractivity contribution in [1.82, 2.24) is 14.9 Å². The molecule has 9 heteroatoms. The summed E-state index contributed by atoms with van der Waals surface area (Å²) in [5.74, 6) is 0.246. The maximum Gasteiger partial charge on any atom is 0.248 e. The SMILES string of the molecule is CN(C)CC=CC(=O)Nc1cccc(-c2c(Cl)oc3ncnc(N[C@H](CO)c4ccccc4)c23)c1. The van der Waals surface area contributed by atoms with Gasteiger partial charge in [0.25, 0.3) is 0 Å². The molecule has 8 nitrogen and oxygen atoms in total. The van der Waals surface area contributed by atoms with E-state index in [2.05, 4.69) is 20.6 Å². The number of aromatic nitrogens is 2. The van der Waals surface area contributed by atoms with Gasteiger partial charge in [0, 0.05) is 18.3 Å². The molecule has 180 valence electrons. The van der Waals surface area contributed by atoms with E-state index >= 15 is 0 Å². The van der Waals surface area contributed by atoms with Crippen LogP contribution in [0.2, 0.25) is 5.22 Å². The van der Waals surface area contributed by atoms with Gasteiger partial charge in [0.15, 0.2) is 0 Å². The minimum Gasteiger partial charge on any atom is -0.425 e.